The van der Waals surface area contributed by atoms with Crippen molar-refractivity contribution in [2.24, 2.45) is 0 Å². The van der Waals surface area contributed by atoms with Gasteiger partial charge in [0, 0.05) is 5.75 Å². The molecule has 0 saturated carbocycles. The van der Waals surface area contributed by atoms with Crippen LogP contribution in [0.1, 0.15) is 37.1 Å². The van der Waals surface area contributed by atoms with Crippen LogP contribution < -0.4 is 0 Å². The molecule has 0 aromatic carbocycles. The molecule has 0 atom stereocenters. The van der Waals surface area contributed by atoms with Crippen molar-refractivity contribution in [1.82, 2.24) is 15.2 Å². The van der Waals surface area contributed by atoms with Crippen LogP contribution in [0, 0.1) is 6.92 Å². The minimum Gasteiger partial charge on any atom is -0.462 e. The Morgan fingerprint density at radius 3 is 3.00 bits per heavy atom. The average Bonchev–Trinajstić information content (AvgIpc) is 2.96. The van der Waals surface area contributed by atoms with E-state index in [1.807, 2.05) is 31.2 Å². The molecule has 0 fully saturated rings. The van der Waals surface area contributed by atoms with E-state index < -0.39 is 0 Å². The number of nitrogens with one attached hydrogen (secondary N) is 1. The second-order valence-corrected chi connectivity index (χ2v) is 5.05. The molecule has 0 aliphatic rings. The van der Waals surface area contributed by atoms with Crippen molar-refractivity contribution in [3.8, 4) is 0 Å². The van der Waals surface area contributed by atoms with Crippen LogP contribution in [-0.4, -0.2) is 20.9 Å². The molecule has 18 heavy (non-hydrogen) atoms. The number of H-pyrrole nitrogens is 1. The Morgan fingerprint density at radius 1 is 1.39 bits per heavy atom. The van der Waals surface area contributed by atoms with Crippen LogP contribution in [0.25, 0.3) is 12.2 Å². The third-order valence-corrected chi connectivity index (χ3v) is 3.31. The van der Waals surface area contributed by atoms with Crippen molar-refractivity contribution in [2.45, 2.75) is 31.8 Å². The Bertz CT molecular complexity index is 516. The molecule has 0 spiro atoms. The lowest BCUT2D eigenvalue weighted by atomic mass is 10.4. The fourth-order valence-electron chi connectivity index (χ4n) is 1.41. The minimum atomic E-state index is 0.753. The lowest BCUT2D eigenvalue weighted by Crippen LogP contribution is -1.80. The van der Waals surface area contributed by atoms with Crippen molar-refractivity contribution in [2.75, 3.05) is 5.75 Å². The van der Waals surface area contributed by atoms with Crippen LogP contribution in [0.2, 0.25) is 0 Å². The number of hydrogen-bond donors (Lipinski definition) is 1. The lowest BCUT2D eigenvalue weighted by molar-refractivity contribution is 0.525. The van der Waals surface area contributed by atoms with E-state index in [0.717, 1.165) is 28.3 Å². The summed E-state index contributed by atoms with van der Waals surface area (Å²) in [5.41, 5.74) is 0. The number of hydrogen-bond acceptors (Lipinski definition) is 4. The van der Waals surface area contributed by atoms with Crippen molar-refractivity contribution < 1.29 is 4.42 Å². The number of thioether (sulfide) groups is 1. The Morgan fingerprint density at radius 2 is 2.28 bits per heavy atom. The molecule has 5 heteroatoms. The van der Waals surface area contributed by atoms with Gasteiger partial charge in [-0.2, -0.15) is 0 Å². The number of aromatic nitrogens is 3. The van der Waals surface area contributed by atoms with Gasteiger partial charge in [-0.25, -0.2) is 4.98 Å². The Balaban J connectivity index is 1.91. The minimum absolute atomic E-state index is 0.753. The standard InChI is InChI=1S/C13H17N3OS/c1-3-4-9-18-13-14-12(15-16-13)8-7-11-6-5-10(2)17-11/h5-8H,3-4,9H2,1-2H3,(H,14,15,16)/b8-7+. The molecule has 2 aromatic heterocycles. The van der Waals surface area contributed by atoms with Gasteiger partial charge in [-0.1, -0.05) is 25.1 Å². The summed E-state index contributed by atoms with van der Waals surface area (Å²) in [6.07, 6.45) is 6.14. The molecule has 2 aromatic rings. The maximum absolute atomic E-state index is 5.44. The molecule has 4 nitrogen and oxygen atoms in total. The van der Waals surface area contributed by atoms with E-state index in [2.05, 4.69) is 22.1 Å². The zero-order valence-electron chi connectivity index (χ0n) is 10.6. The van der Waals surface area contributed by atoms with E-state index in [9.17, 15) is 0 Å². The number of aromatic amines is 1. The summed E-state index contributed by atoms with van der Waals surface area (Å²) in [7, 11) is 0. The van der Waals surface area contributed by atoms with Gasteiger partial charge in [-0.05, 0) is 37.6 Å². The van der Waals surface area contributed by atoms with Crippen LogP contribution >= 0.6 is 11.8 Å². The van der Waals surface area contributed by atoms with Crippen LogP contribution in [0.4, 0.5) is 0 Å². The third-order valence-electron chi connectivity index (χ3n) is 2.38. The normalized spacial score (nSPS) is 11.4. The maximum atomic E-state index is 5.44. The van der Waals surface area contributed by atoms with Crippen molar-refractivity contribution in [3.63, 3.8) is 0 Å². The number of unbranched alkanes of at least 4 members (excludes halogenated alkanes) is 1. The number of rotatable bonds is 6. The zero-order chi connectivity index (χ0) is 12.8. The van der Waals surface area contributed by atoms with Gasteiger partial charge >= 0.3 is 0 Å². The molecule has 1 N–H and O–H groups in total. The first-order chi connectivity index (χ1) is 8.78. The zero-order valence-corrected chi connectivity index (χ0v) is 11.5. The Labute approximate surface area is 111 Å². The van der Waals surface area contributed by atoms with Crippen LogP contribution in [0.15, 0.2) is 21.7 Å². The lowest BCUT2D eigenvalue weighted by Gasteiger charge is -1.91. The summed E-state index contributed by atoms with van der Waals surface area (Å²) in [5, 5.41) is 7.85. The Kier molecular flexibility index (Phi) is 4.64. The highest BCUT2D eigenvalue weighted by Gasteiger charge is 2.01. The average molecular weight is 263 g/mol. The number of aryl methyl sites for hydroxylation is 1. The molecule has 0 aliphatic heterocycles. The molecule has 2 heterocycles. The quantitative estimate of drug-likeness (QED) is 0.636. The molecule has 0 aliphatic carbocycles. The molecule has 0 radical (unpaired) electrons. The van der Waals surface area contributed by atoms with Gasteiger partial charge < -0.3 is 4.42 Å². The van der Waals surface area contributed by atoms with Gasteiger partial charge in [-0.3, -0.25) is 5.10 Å². The van der Waals surface area contributed by atoms with Crippen LogP contribution in [0.5, 0.6) is 0 Å². The molecular formula is C13H17N3OS. The van der Waals surface area contributed by atoms with E-state index >= 15 is 0 Å². The van der Waals surface area contributed by atoms with Gasteiger partial charge in [-0.15, -0.1) is 5.10 Å². The summed E-state index contributed by atoms with van der Waals surface area (Å²) >= 11 is 1.68. The van der Waals surface area contributed by atoms with Crippen molar-refractivity contribution >= 4 is 23.9 Å². The van der Waals surface area contributed by atoms with Crippen molar-refractivity contribution in [1.29, 1.82) is 0 Å². The van der Waals surface area contributed by atoms with E-state index in [4.69, 9.17) is 4.42 Å². The first-order valence-electron chi connectivity index (χ1n) is 6.07. The van der Waals surface area contributed by atoms with E-state index in [0.29, 0.717) is 0 Å². The summed E-state index contributed by atoms with van der Waals surface area (Å²) in [5.74, 6) is 3.55. The molecule has 96 valence electrons. The maximum Gasteiger partial charge on any atom is 0.208 e. The largest absolute Gasteiger partial charge is 0.462 e. The molecule has 0 saturated heterocycles. The molecule has 0 amide bonds. The van der Waals surface area contributed by atoms with Crippen LogP contribution in [-0.2, 0) is 0 Å². The first kappa shape index (κ1) is 13.0. The predicted octanol–water partition coefficient (Wildman–Crippen LogP) is 3.77. The van der Waals surface area contributed by atoms with Gasteiger partial charge in [0.05, 0.1) is 0 Å². The topological polar surface area (TPSA) is 54.7 Å². The van der Waals surface area contributed by atoms with Crippen molar-refractivity contribution in [3.05, 3.63) is 29.5 Å². The highest BCUT2D eigenvalue weighted by atomic mass is 32.2. The summed E-state index contributed by atoms with van der Waals surface area (Å²) in [4.78, 5) is 4.37. The van der Waals surface area contributed by atoms with E-state index in [-0.39, 0.29) is 0 Å². The highest BCUT2D eigenvalue weighted by Crippen LogP contribution is 2.15. The van der Waals surface area contributed by atoms with E-state index in [1.165, 1.54) is 12.8 Å². The van der Waals surface area contributed by atoms with Gasteiger partial charge in [0.2, 0.25) is 5.16 Å². The third kappa shape index (κ3) is 3.77. The van der Waals surface area contributed by atoms with Gasteiger partial charge in [0.15, 0.2) is 0 Å². The van der Waals surface area contributed by atoms with E-state index in [1.54, 1.807) is 11.8 Å². The monoisotopic (exact) mass is 263 g/mol. The second kappa shape index (κ2) is 6.44. The van der Waals surface area contributed by atoms with Gasteiger partial charge in [0.25, 0.3) is 0 Å². The predicted molar refractivity (Wildman–Crippen MR) is 74.4 cm³/mol. The fraction of sp³-hybridized carbons (Fsp3) is 0.385. The summed E-state index contributed by atoms with van der Waals surface area (Å²) in [6, 6.07) is 3.87. The van der Waals surface area contributed by atoms with Crippen LogP contribution in [0.3, 0.4) is 0 Å². The highest BCUT2D eigenvalue weighted by molar-refractivity contribution is 7.99. The smallest absolute Gasteiger partial charge is 0.208 e. The SMILES string of the molecule is CCCCSc1n[nH]c(/C=C/c2ccc(C)o2)n1. The van der Waals surface area contributed by atoms with Gasteiger partial charge in [0.1, 0.15) is 17.3 Å². The summed E-state index contributed by atoms with van der Waals surface area (Å²) < 4.78 is 5.44. The summed E-state index contributed by atoms with van der Waals surface area (Å²) in [6.45, 7) is 4.10. The number of furan rings is 1. The first-order valence-corrected chi connectivity index (χ1v) is 7.06. The molecule has 0 bridgehead atoms. The number of nitrogens with zero attached hydrogens (tertiary/aromatic N) is 2. The molecular weight excluding hydrogens is 246 g/mol. The second-order valence-electron chi connectivity index (χ2n) is 3.99. The Hall–Kier alpha value is -1.49. The molecule has 2 rings (SSSR count). The fourth-order valence-corrected chi connectivity index (χ4v) is 2.30. The molecule has 0 unspecified atom stereocenters.